The Morgan fingerprint density at radius 3 is 1.71 bits per heavy atom. The van der Waals surface area contributed by atoms with Gasteiger partial charge in [0.15, 0.2) is 51.4 Å². The van der Waals surface area contributed by atoms with Gasteiger partial charge in [0.25, 0.3) is 0 Å². The van der Waals surface area contributed by atoms with Crippen LogP contribution in [0, 0.1) is 0 Å². The van der Waals surface area contributed by atoms with Crippen molar-refractivity contribution in [1.82, 2.24) is 4.98 Å². The van der Waals surface area contributed by atoms with Crippen molar-refractivity contribution in [1.29, 1.82) is 0 Å². The molecule has 0 aliphatic carbocycles. The van der Waals surface area contributed by atoms with E-state index in [1.807, 2.05) is 0 Å². The molecule has 0 fully saturated rings. The van der Waals surface area contributed by atoms with E-state index < -0.39 is 80.5 Å². The van der Waals surface area contributed by atoms with Crippen LogP contribution in [0.1, 0.15) is 90.9 Å². The Morgan fingerprint density at radius 2 is 1.18 bits per heavy atom. The van der Waals surface area contributed by atoms with Gasteiger partial charge in [0.1, 0.15) is 5.75 Å². The highest BCUT2D eigenvalue weighted by Gasteiger charge is 2.42. The summed E-state index contributed by atoms with van der Waals surface area (Å²) < 4.78 is 17.5. The number of esters is 1. The van der Waals surface area contributed by atoms with E-state index in [-0.39, 0.29) is 41.7 Å². The number of aromatic nitrogens is 1. The zero-order valence-electron chi connectivity index (χ0n) is 28.3. The molecule has 0 bridgehead atoms. The molecule has 0 spiro atoms. The van der Waals surface area contributed by atoms with Gasteiger partial charge in [-0.2, -0.15) is 0 Å². The van der Waals surface area contributed by atoms with Crippen molar-refractivity contribution in [3.63, 3.8) is 0 Å². The van der Waals surface area contributed by atoms with Crippen LogP contribution in [0.5, 0.6) is 57.5 Å². The number of phenols is 7. The third kappa shape index (κ3) is 7.85. The van der Waals surface area contributed by atoms with Crippen LogP contribution in [0.2, 0.25) is 0 Å². The zero-order chi connectivity index (χ0) is 37.7. The number of hydrogen-bond acceptors (Lipinski definition) is 14. The predicted molar refractivity (Wildman–Crippen MR) is 181 cm³/mol. The van der Waals surface area contributed by atoms with Gasteiger partial charge >= 0.3 is 5.97 Å². The highest BCUT2D eigenvalue weighted by atomic mass is 16.5. The van der Waals surface area contributed by atoms with E-state index in [0.29, 0.717) is 12.8 Å². The molecule has 0 radical (unpaired) electrons. The Bertz CT molecular complexity index is 1920. The van der Waals surface area contributed by atoms with Crippen molar-refractivity contribution in [2.75, 3.05) is 0 Å². The molecule has 14 nitrogen and oxygen atoms in total. The first-order valence-corrected chi connectivity index (χ1v) is 16.1. The fraction of sp³-hybridized carbons (Fsp3) is 0.297. The molecule has 7 N–H and O–H groups in total. The number of carbonyl (C=O) groups is 3. The van der Waals surface area contributed by atoms with Crippen molar-refractivity contribution >= 4 is 17.5 Å². The summed E-state index contributed by atoms with van der Waals surface area (Å²) >= 11 is 0. The van der Waals surface area contributed by atoms with Gasteiger partial charge in [-0.15, -0.1) is 0 Å². The van der Waals surface area contributed by atoms with Gasteiger partial charge in [-0.1, -0.05) is 33.6 Å². The second kappa shape index (κ2) is 15.2. The quantitative estimate of drug-likeness (QED) is 0.0410. The van der Waals surface area contributed by atoms with Gasteiger partial charge in [-0.05, 0) is 74.7 Å². The van der Waals surface area contributed by atoms with E-state index >= 15 is 0 Å². The van der Waals surface area contributed by atoms with Crippen molar-refractivity contribution < 1.29 is 64.3 Å². The Labute approximate surface area is 292 Å². The van der Waals surface area contributed by atoms with Crippen LogP contribution in [-0.2, 0) is 0 Å². The fourth-order valence-corrected chi connectivity index (χ4v) is 5.63. The number of phenolic OH excluding ortho intramolecular Hbond substituents is 7. The summed E-state index contributed by atoms with van der Waals surface area (Å²) in [5.41, 5.74) is -4.23. The minimum atomic E-state index is -1.79. The Morgan fingerprint density at radius 1 is 0.667 bits per heavy atom. The van der Waals surface area contributed by atoms with Crippen LogP contribution in [0.25, 0.3) is 0 Å². The number of Topliss-reactive ketones (excluding diaryl/α,β-unsaturated/α-hetero) is 2. The summed E-state index contributed by atoms with van der Waals surface area (Å²) in [4.78, 5) is 44.8. The molecule has 14 heteroatoms. The van der Waals surface area contributed by atoms with Crippen LogP contribution < -0.4 is 14.2 Å². The molecule has 1 aromatic heterocycles. The first-order valence-electron chi connectivity index (χ1n) is 16.1. The van der Waals surface area contributed by atoms with E-state index in [0.717, 1.165) is 36.4 Å². The fourth-order valence-electron chi connectivity index (χ4n) is 5.63. The first-order chi connectivity index (χ1) is 24.1. The smallest absolute Gasteiger partial charge is 0.343 e. The molecule has 4 rings (SSSR count). The van der Waals surface area contributed by atoms with Crippen molar-refractivity contribution in [3.8, 4) is 57.5 Å². The molecule has 0 saturated carbocycles. The summed E-state index contributed by atoms with van der Waals surface area (Å²) in [5.74, 6) is -8.58. The number of ether oxygens (including phenoxy) is 3. The molecular weight excluding hydrogens is 666 g/mol. The average molecular weight is 706 g/mol. The van der Waals surface area contributed by atoms with Gasteiger partial charge in [0.2, 0.25) is 23.1 Å². The van der Waals surface area contributed by atoms with Gasteiger partial charge < -0.3 is 50.0 Å². The third-order valence-corrected chi connectivity index (χ3v) is 8.27. The number of pyridine rings is 1. The second-order valence-electron chi connectivity index (χ2n) is 12.1. The number of carbonyl (C=O) groups excluding carboxylic acids is 3. The van der Waals surface area contributed by atoms with Gasteiger partial charge in [-0.3, -0.25) is 14.6 Å². The summed E-state index contributed by atoms with van der Waals surface area (Å²) in [5, 5.41) is 72.5. The van der Waals surface area contributed by atoms with Crippen LogP contribution in [0.3, 0.4) is 0 Å². The second-order valence-corrected chi connectivity index (χ2v) is 12.1. The Hall–Kier alpha value is -6.18. The first kappa shape index (κ1) is 37.6. The highest BCUT2D eigenvalue weighted by molar-refractivity contribution is 6.05. The van der Waals surface area contributed by atoms with E-state index in [1.54, 1.807) is 26.8 Å². The molecule has 3 aromatic carbocycles. The zero-order valence-corrected chi connectivity index (χ0v) is 28.3. The monoisotopic (exact) mass is 705 g/mol. The topological polar surface area (TPSA) is 233 Å². The molecule has 1 heterocycles. The largest absolute Gasteiger partial charge is 0.504 e. The lowest BCUT2D eigenvalue weighted by molar-refractivity contribution is 0.0368. The summed E-state index contributed by atoms with van der Waals surface area (Å²) in [6.45, 7) is 6.52. The molecule has 270 valence electrons. The maximum atomic E-state index is 14.4. The van der Waals surface area contributed by atoms with Gasteiger partial charge in [-0.25, -0.2) is 4.79 Å². The van der Waals surface area contributed by atoms with Gasteiger partial charge in [0.05, 0.1) is 11.8 Å². The molecule has 51 heavy (non-hydrogen) atoms. The Kier molecular flexibility index (Phi) is 11.2. The highest BCUT2D eigenvalue weighted by Crippen LogP contribution is 2.45. The molecule has 4 aromatic rings. The number of benzene rings is 3. The van der Waals surface area contributed by atoms with E-state index in [4.69, 9.17) is 14.2 Å². The van der Waals surface area contributed by atoms with E-state index in [9.17, 15) is 50.1 Å². The van der Waals surface area contributed by atoms with Crippen molar-refractivity contribution in [2.45, 2.75) is 71.0 Å². The average Bonchev–Trinajstić information content (AvgIpc) is 3.10. The molecule has 0 aliphatic rings. The number of rotatable bonds is 15. The van der Waals surface area contributed by atoms with Crippen LogP contribution in [0.4, 0.5) is 0 Å². The molecule has 2 atom stereocenters. The number of ketones is 2. The normalized spacial score (nSPS) is 13.4. The molecular formula is C37H39NO13. The maximum Gasteiger partial charge on any atom is 0.343 e. The van der Waals surface area contributed by atoms with Crippen LogP contribution in [0.15, 0.2) is 60.9 Å². The molecule has 0 saturated heterocycles. The van der Waals surface area contributed by atoms with Crippen molar-refractivity contribution in [2.24, 2.45) is 0 Å². The van der Waals surface area contributed by atoms with Gasteiger partial charge in [0, 0.05) is 17.3 Å². The lowest BCUT2D eigenvalue weighted by Gasteiger charge is -2.33. The predicted octanol–water partition coefficient (Wildman–Crippen LogP) is 6.27. The minimum absolute atomic E-state index is 0.0120. The Balaban J connectivity index is 1.74. The lowest BCUT2D eigenvalue weighted by atomic mass is 9.85. The minimum Gasteiger partial charge on any atom is -0.504 e. The standard InChI is InChI=1S/C37H39NO13/c1-5-10-36(4,33(46)20-13-24(39)30(43)25(40)14-20)50-28-17-21(15-26(41)31(28)44)34(47)37(7-3,11-6-2)51-29-18-22(16-27(42)32(29)45)35(48)49-23-9-8-12-38-19-23/h8-9,12-19,39-45H,5-7,10-11H2,1-4H3. The number of aromatic hydroxyl groups is 7. The molecule has 2 unspecified atom stereocenters. The number of nitrogens with zero attached hydrogens (tertiary/aromatic N) is 1. The van der Waals surface area contributed by atoms with Crippen LogP contribution >= 0.6 is 0 Å². The van der Waals surface area contributed by atoms with Crippen molar-refractivity contribution in [3.05, 3.63) is 77.6 Å². The maximum absolute atomic E-state index is 14.4. The summed E-state index contributed by atoms with van der Waals surface area (Å²) in [6.07, 6.45) is 3.59. The van der Waals surface area contributed by atoms with E-state index in [2.05, 4.69) is 4.98 Å². The third-order valence-electron chi connectivity index (χ3n) is 8.27. The summed E-state index contributed by atoms with van der Waals surface area (Å²) in [7, 11) is 0. The molecule has 0 amide bonds. The molecule has 0 aliphatic heterocycles. The number of hydrogen-bond donors (Lipinski definition) is 7. The summed E-state index contributed by atoms with van der Waals surface area (Å²) in [6, 6.07) is 9.05. The lowest BCUT2D eigenvalue weighted by Crippen LogP contribution is -2.44. The van der Waals surface area contributed by atoms with Crippen LogP contribution in [-0.4, -0.2) is 69.5 Å². The van der Waals surface area contributed by atoms with E-state index in [1.165, 1.54) is 25.4 Å². The SMILES string of the molecule is CCCC(C)(Oc1cc(C(=O)C(CC)(CCC)Oc2cc(C(=O)Oc3cccnc3)cc(O)c2O)cc(O)c1O)C(=O)c1cc(O)c(O)c(O)c1.